The zero-order valence-corrected chi connectivity index (χ0v) is 15.3. The Labute approximate surface area is 151 Å². The van der Waals surface area contributed by atoms with Crippen molar-refractivity contribution >= 4 is 23.1 Å². The standard InChI is InChI=1S/C18H23N5OS/c1-13-16(25-17(21-13)14-4-2-3-5-14)18(24)23-10-8-22(9-11-23)15-12-19-6-7-20-15/h6-7,12,14H,2-5,8-11H2,1H3. The topological polar surface area (TPSA) is 62.2 Å². The molecule has 0 atom stereocenters. The largest absolute Gasteiger partial charge is 0.352 e. The number of hydrogen-bond acceptors (Lipinski definition) is 6. The summed E-state index contributed by atoms with van der Waals surface area (Å²) in [4.78, 5) is 31.1. The maximum absolute atomic E-state index is 12.9. The summed E-state index contributed by atoms with van der Waals surface area (Å²) in [7, 11) is 0. The molecule has 2 aromatic heterocycles. The lowest BCUT2D eigenvalue weighted by Gasteiger charge is -2.35. The molecular weight excluding hydrogens is 334 g/mol. The highest BCUT2D eigenvalue weighted by Gasteiger charge is 2.28. The lowest BCUT2D eigenvalue weighted by atomic mass is 10.1. The normalized spacial score (nSPS) is 18.8. The van der Waals surface area contributed by atoms with Crippen LogP contribution in [0.2, 0.25) is 0 Å². The van der Waals surface area contributed by atoms with Gasteiger partial charge in [-0.1, -0.05) is 12.8 Å². The number of thiazole rings is 1. The molecule has 132 valence electrons. The van der Waals surface area contributed by atoms with Crippen LogP contribution < -0.4 is 4.90 Å². The van der Waals surface area contributed by atoms with Crippen LogP contribution in [0.25, 0.3) is 0 Å². The molecule has 0 radical (unpaired) electrons. The Morgan fingerprint density at radius 3 is 2.60 bits per heavy atom. The van der Waals surface area contributed by atoms with Gasteiger partial charge in [0, 0.05) is 44.5 Å². The molecule has 1 aliphatic heterocycles. The Morgan fingerprint density at radius 2 is 1.92 bits per heavy atom. The zero-order valence-electron chi connectivity index (χ0n) is 14.5. The molecular formula is C18H23N5OS. The first-order valence-corrected chi connectivity index (χ1v) is 9.81. The summed E-state index contributed by atoms with van der Waals surface area (Å²) in [5, 5.41) is 1.16. The number of aromatic nitrogens is 3. The van der Waals surface area contributed by atoms with Gasteiger partial charge in [0.2, 0.25) is 0 Å². The fourth-order valence-electron chi connectivity index (χ4n) is 3.70. The highest BCUT2D eigenvalue weighted by molar-refractivity contribution is 7.13. The second-order valence-electron chi connectivity index (χ2n) is 6.79. The van der Waals surface area contributed by atoms with Gasteiger partial charge in [0.1, 0.15) is 10.7 Å². The number of aryl methyl sites for hydroxylation is 1. The molecule has 2 aliphatic rings. The fourth-order valence-corrected chi connectivity index (χ4v) is 4.90. The molecule has 0 N–H and O–H groups in total. The fraction of sp³-hybridized carbons (Fsp3) is 0.556. The van der Waals surface area contributed by atoms with Gasteiger partial charge in [0.25, 0.3) is 5.91 Å². The van der Waals surface area contributed by atoms with E-state index in [9.17, 15) is 4.79 Å². The van der Waals surface area contributed by atoms with Crippen LogP contribution >= 0.6 is 11.3 Å². The van der Waals surface area contributed by atoms with Gasteiger partial charge in [-0.15, -0.1) is 11.3 Å². The van der Waals surface area contributed by atoms with E-state index >= 15 is 0 Å². The predicted molar refractivity (Wildman–Crippen MR) is 98.2 cm³/mol. The van der Waals surface area contributed by atoms with Crippen molar-refractivity contribution in [2.75, 3.05) is 31.1 Å². The van der Waals surface area contributed by atoms with Crippen molar-refractivity contribution in [1.29, 1.82) is 0 Å². The van der Waals surface area contributed by atoms with Crippen molar-refractivity contribution in [3.63, 3.8) is 0 Å². The van der Waals surface area contributed by atoms with E-state index in [1.807, 2.05) is 11.8 Å². The first kappa shape index (κ1) is 16.4. The first-order valence-electron chi connectivity index (χ1n) is 9.00. The van der Waals surface area contributed by atoms with Crippen molar-refractivity contribution in [2.45, 2.75) is 38.5 Å². The lowest BCUT2D eigenvalue weighted by Crippen LogP contribution is -2.49. The lowest BCUT2D eigenvalue weighted by molar-refractivity contribution is 0.0750. The average molecular weight is 357 g/mol. The number of piperazine rings is 1. The molecule has 2 aromatic rings. The minimum Gasteiger partial charge on any atom is -0.352 e. The molecule has 4 rings (SSSR count). The van der Waals surface area contributed by atoms with Crippen molar-refractivity contribution in [2.24, 2.45) is 0 Å². The second-order valence-corrected chi connectivity index (χ2v) is 7.82. The van der Waals surface area contributed by atoms with Crippen molar-refractivity contribution in [3.05, 3.63) is 34.2 Å². The summed E-state index contributed by atoms with van der Waals surface area (Å²) in [5.41, 5.74) is 0.897. The molecule has 2 fully saturated rings. The third-order valence-electron chi connectivity index (χ3n) is 5.15. The van der Waals surface area contributed by atoms with E-state index in [2.05, 4.69) is 14.9 Å². The Morgan fingerprint density at radius 1 is 1.16 bits per heavy atom. The minimum atomic E-state index is 0.137. The molecule has 1 aliphatic carbocycles. The van der Waals surface area contributed by atoms with Crippen LogP contribution in [0.1, 0.15) is 52.0 Å². The monoisotopic (exact) mass is 357 g/mol. The van der Waals surface area contributed by atoms with Gasteiger partial charge in [-0.25, -0.2) is 9.97 Å². The quantitative estimate of drug-likeness (QED) is 0.845. The summed E-state index contributed by atoms with van der Waals surface area (Å²) in [6.45, 7) is 4.98. The number of hydrogen-bond donors (Lipinski definition) is 0. The molecule has 0 spiro atoms. The predicted octanol–water partition coefficient (Wildman–Crippen LogP) is 2.86. The van der Waals surface area contributed by atoms with E-state index in [1.165, 1.54) is 25.7 Å². The Hall–Kier alpha value is -2.02. The number of amides is 1. The van der Waals surface area contributed by atoms with E-state index in [0.717, 1.165) is 34.5 Å². The second kappa shape index (κ2) is 7.07. The third kappa shape index (κ3) is 3.38. The van der Waals surface area contributed by atoms with Crippen molar-refractivity contribution < 1.29 is 4.79 Å². The molecule has 25 heavy (non-hydrogen) atoms. The summed E-state index contributed by atoms with van der Waals surface area (Å²) in [6.07, 6.45) is 10.2. The van der Waals surface area contributed by atoms with Crippen molar-refractivity contribution in [1.82, 2.24) is 19.9 Å². The average Bonchev–Trinajstić information content (AvgIpc) is 3.32. The molecule has 0 unspecified atom stereocenters. The Balaban J connectivity index is 1.42. The van der Waals surface area contributed by atoms with Crippen LogP contribution in [-0.2, 0) is 0 Å². The molecule has 7 heteroatoms. The van der Waals surface area contributed by atoms with Crippen LogP contribution in [0, 0.1) is 6.92 Å². The van der Waals surface area contributed by atoms with Crippen LogP contribution in [0.5, 0.6) is 0 Å². The van der Waals surface area contributed by atoms with Gasteiger partial charge >= 0.3 is 0 Å². The summed E-state index contributed by atoms with van der Waals surface area (Å²) in [5.74, 6) is 1.59. The van der Waals surface area contributed by atoms with Gasteiger partial charge in [-0.2, -0.15) is 0 Å². The van der Waals surface area contributed by atoms with Gasteiger partial charge in [-0.3, -0.25) is 9.78 Å². The number of rotatable bonds is 3. The van der Waals surface area contributed by atoms with Crippen LogP contribution in [0.3, 0.4) is 0 Å². The van der Waals surface area contributed by atoms with Crippen LogP contribution in [0.4, 0.5) is 5.82 Å². The molecule has 6 nitrogen and oxygen atoms in total. The maximum Gasteiger partial charge on any atom is 0.265 e. The molecule has 1 saturated carbocycles. The number of anilines is 1. The van der Waals surface area contributed by atoms with Crippen LogP contribution in [0.15, 0.2) is 18.6 Å². The van der Waals surface area contributed by atoms with E-state index < -0.39 is 0 Å². The highest BCUT2D eigenvalue weighted by atomic mass is 32.1. The maximum atomic E-state index is 12.9. The number of carbonyl (C=O) groups excluding carboxylic acids is 1. The molecule has 0 bridgehead atoms. The van der Waals surface area contributed by atoms with Crippen molar-refractivity contribution in [3.8, 4) is 0 Å². The summed E-state index contributed by atoms with van der Waals surface area (Å²) in [6, 6.07) is 0. The first-order chi connectivity index (χ1) is 12.2. The smallest absolute Gasteiger partial charge is 0.265 e. The SMILES string of the molecule is Cc1nc(C2CCCC2)sc1C(=O)N1CCN(c2cnccn2)CC1. The molecule has 3 heterocycles. The van der Waals surface area contributed by atoms with E-state index in [4.69, 9.17) is 4.98 Å². The minimum absolute atomic E-state index is 0.137. The third-order valence-corrected chi connectivity index (χ3v) is 6.46. The summed E-state index contributed by atoms with van der Waals surface area (Å²) < 4.78 is 0. The Bertz CT molecular complexity index is 733. The molecule has 1 saturated heterocycles. The van der Waals surface area contributed by atoms with Gasteiger partial charge in [0.05, 0.1) is 16.9 Å². The highest BCUT2D eigenvalue weighted by Crippen LogP contribution is 2.37. The number of carbonyl (C=O) groups is 1. The van der Waals surface area contributed by atoms with Crippen LogP contribution in [-0.4, -0.2) is 51.9 Å². The Kier molecular flexibility index (Phi) is 4.65. The van der Waals surface area contributed by atoms with Gasteiger partial charge in [0.15, 0.2) is 0 Å². The van der Waals surface area contributed by atoms with Gasteiger partial charge < -0.3 is 9.80 Å². The molecule has 0 aromatic carbocycles. The zero-order chi connectivity index (χ0) is 17.2. The summed E-state index contributed by atoms with van der Waals surface area (Å²) >= 11 is 1.62. The van der Waals surface area contributed by atoms with E-state index in [-0.39, 0.29) is 5.91 Å². The van der Waals surface area contributed by atoms with E-state index in [1.54, 1.807) is 29.9 Å². The number of nitrogens with zero attached hydrogens (tertiary/aromatic N) is 5. The molecule has 1 amide bonds. The van der Waals surface area contributed by atoms with E-state index in [0.29, 0.717) is 19.0 Å². The van der Waals surface area contributed by atoms with Gasteiger partial charge in [-0.05, 0) is 19.8 Å².